The Labute approximate surface area is 154 Å². The van der Waals surface area contributed by atoms with Gasteiger partial charge in [0, 0.05) is 28.4 Å². The fourth-order valence-electron chi connectivity index (χ4n) is 2.26. The van der Waals surface area contributed by atoms with Gasteiger partial charge < -0.3 is 37.2 Å². The minimum Gasteiger partial charge on any atom is -0.458 e. The molecule has 148 valence electrons. The summed E-state index contributed by atoms with van der Waals surface area (Å²) in [5, 5.41) is 28.3. The SMILES string of the molecule is F[B-](F)(F)F.N#[N+]c1ccc2[nH]c3cnc(C(=O)OCC(O)CO)cc3c2c1. The number of esters is 1. The lowest BCUT2D eigenvalue weighted by Gasteiger charge is -2.07. The lowest BCUT2D eigenvalue weighted by molar-refractivity contribution is 0.00890. The average molecular weight is 400 g/mol. The van der Waals surface area contributed by atoms with Gasteiger partial charge in [-0.2, -0.15) is 0 Å². The summed E-state index contributed by atoms with van der Waals surface area (Å²) in [5.74, 6) is -0.697. The highest BCUT2D eigenvalue weighted by Crippen LogP contribution is 2.29. The van der Waals surface area contributed by atoms with Gasteiger partial charge in [-0.05, 0) is 12.1 Å². The molecular formula is C15H13BF4N4O4. The van der Waals surface area contributed by atoms with E-state index in [1.165, 1.54) is 6.20 Å². The van der Waals surface area contributed by atoms with Gasteiger partial charge in [0.1, 0.15) is 18.4 Å². The van der Waals surface area contributed by atoms with Gasteiger partial charge in [0.05, 0.1) is 18.3 Å². The number of aliphatic hydroxyl groups excluding tert-OH is 2. The maximum atomic E-state index is 11.9. The van der Waals surface area contributed by atoms with Crippen molar-refractivity contribution in [3.05, 3.63) is 41.1 Å². The Bertz CT molecular complexity index is 1030. The number of aliphatic hydroxyl groups is 2. The van der Waals surface area contributed by atoms with Crippen molar-refractivity contribution in [2.75, 3.05) is 13.2 Å². The summed E-state index contributed by atoms with van der Waals surface area (Å²) >= 11 is 0. The molecule has 0 saturated heterocycles. The molecule has 3 aromatic rings. The first-order valence-electron chi connectivity index (χ1n) is 7.72. The van der Waals surface area contributed by atoms with Crippen LogP contribution in [0.2, 0.25) is 0 Å². The van der Waals surface area contributed by atoms with E-state index in [0.717, 1.165) is 21.8 Å². The number of rotatable bonds is 4. The molecule has 13 heteroatoms. The molecule has 1 unspecified atom stereocenters. The number of pyridine rings is 1. The number of benzene rings is 1. The van der Waals surface area contributed by atoms with Crippen LogP contribution in [0.5, 0.6) is 0 Å². The Balaban J connectivity index is 0.000000500. The Kier molecular flexibility index (Phi) is 6.50. The Morgan fingerprint density at radius 1 is 1.25 bits per heavy atom. The van der Waals surface area contributed by atoms with Crippen molar-refractivity contribution in [2.24, 2.45) is 0 Å². The number of carbonyl (C=O) groups excluding carboxylic acids is 1. The van der Waals surface area contributed by atoms with E-state index in [2.05, 4.69) is 14.9 Å². The lowest BCUT2D eigenvalue weighted by atomic mass is 10.1. The first-order chi connectivity index (χ1) is 13.1. The Hall–Kier alpha value is -3.24. The number of nitrogens with one attached hydrogen (secondary N) is 1. The number of H-pyrrole nitrogens is 1. The highest BCUT2D eigenvalue weighted by molar-refractivity contribution is 6.50. The number of aromatic amines is 1. The van der Waals surface area contributed by atoms with Crippen LogP contribution in [0.4, 0.5) is 23.0 Å². The zero-order chi connectivity index (χ0) is 20.9. The van der Waals surface area contributed by atoms with Crippen LogP contribution in [0.1, 0.15) is 10.5 Å². The van der Waals surface area contributed by atoms with Crippen molar-refractivity contribution in [3.63, 3.8) is 0 Å². The molecule has 8 nitrogen and oxygen atoms in total. The van der Waals surface area contributed by atoms with Crippen LogP contribution >= 0.6 is 0 Å². The molecule has 0 amide bonds. The summed E-state index contributed by atoms with van der Waals surface area (Å²) in [6.45, 7) is -0.800. The zero-order valence-electron chi connectivity index (χ0n) is 14.0. The summed E-state index contributed by atoms with van der Waals surface area (Å²) in [6.07, 6.45) is 0.383. The van der Waals surface area contributed by atoms with Crippen LogP contribution in [-0.2, 0) is 4.74 Å². The number of diazo groups is 1. The van der Waals surface area contributed by atoms with E-state index in [0.29, 0.717) is 5.69 Å². The summed E-state index contributed by atoms with van der Waals surface area (Å²) in [4.78, 5) is 22.3. The highest BCUT2D eigenvalue weighted by atomic mass is 19.5. The normalized spacial score (nSPS) is 12.2. The molecule has 28 heavy (non-hydrogen) atoms. The highest BCUT2D eigenvalue weighted by Gasteiger charge is 2.20. The third-order valence-corrected chi connectivity index (χ3v) is 3.41. The molecule has 2 aromatic heterocycles. The molecule has 3 rings (SSSR count). The first kappa shape index (κ1) is 21.1. The summed E-state index contributed by atoms with van der Waals surface area (Å²) < 4.78 is 43.9. The van der Waals surface area contributed by atoms with E-state index < -0.39 is 25.9 Å². The number of hydrogen-bond donors (Lipinski definition) is 3. The van der Waals surface area contributed by atoms with E-state index in [1.807, 2.05) is 0 Å². The van der Waals surface area contributed by atoms with Crippen LogP contribution in [0, 0.1) is 5.39 Å². The second-order valence-electron chi connectivity index (χ2n) is 5.50. The fraction of sp³-hybridized carbons (Fsp3) is 0.200. The van der Waals surface area contributed by atoms with Gasteiger partial charge in [0.15, 0.2) is 4.98 Å². The number of aromatic nitrogens is 2. The number of carbonyl (C=O) groups is 1. The van der Waals surface area contributed by atoms with Gasteiger partial charge in [-0.15, -0.1) is 0 Å². The largest absolute Gasteiger partial charge is 0.673 e. The molecule has 3 N–H and O–H groups in total. The van der Waals surface area contributed by atoms with Crippen molar-refractivity contribution >= 4 is 40.7 Å². The Morgan fingerprint density at radius 3 is 2.50 bits per heavy atom. The third-order valence-electron chi connectivity index (χ3n) is 3.41. The molecule has 1 aromatic carbocycles. The van der Waals surface area contributed by atoms with Crippen molar-refractivity contribution in [3.8, 4) is 0 Å². The van der Waals surface area contributed by atoms with Gasteiger partial charge in [0.2, 0.25) is 5.39 Å². The van der Waals surface area contributed by atoms with Crippen LogP contribution in [-0.4, -0.2) is 52.7 Å². The molecule has 0 radical (unpaired) electrons. The van der Waals surface area contributed by atoms with Crippen LogP contribution in [0.25, 0.3) is 26.8 Å². The van der Waals surface area contributed by atoms with Gasteiger partial charge in [-0.1, -0.05) is 0 Å². The monoisotopic (exact) mass is 400 g/mol. The van der Waals surface area contributed by atoms with Crippen LogP contribution in [0.3, 0.4) is 0 Å². The molecule has 0 aliphatic heterocycles. The maximum absolute atomic E-state index is 11.9. The van der Waals surface area contributed by atoms with Crippen LogP contribution < -0.4 is 0 Å². The Morgan fingerprint density at radius 2 is 1.89 bits per heavy atom. The molecule has 0 fully saturated rings. The lowest BCUT2D eigenvalue weighted by Crippen LogP contribution is -2.22. The van der Waals surface area contributed by atoms with E-state index in [1.54, 1.807) is 24.3 Å². The molecule has 0 aliphatic rings. The van der Waals surface area contributed by atoms with E-state index in [4.69, 9.17) is 15.2 Å². The van der Waals surface area contributed by atoms with Crippen molar-refractivity contribution in [1.29, 1.82) is 5.39 Å². The van der Waals surface area contributed by atoms with Gasteiger partial charge >= 0.3 is 18.9 Å². The summed E-state index contributed by atoms with van der Waals surface area (Å²) in [5.41, 5.74) is 2.01. The predicted molar refractivity (Wildman–Crippen MR) is 91.9 cm³/mol. The molecular weight excluding hydrogens is 387 g/mol. The van der Waals surface area contributed by atoms with Crippen molar-refractivity contribution in [1.82, 2.24) is 9.97 Å². The summed E-state index contributed by atoms with van der Waals surface area (Å²) in [7, 11) is -6.00. The smallest absolute Gasteiger partial charge is 0.458 e. The fourth-order valence-corrected chi connectivity index (χ4v) is 2.26. The molecule has 2 heterocycles. The molecule has 0 spiro atoms. The topological polar surface area (TPSA) is 124 Å². The van der Waals surface area contributed by atoms with E-state index in [-0.39, 0.29) is 12.3 Å². The quantitative estimate of drug-likeness (QED) is 0.268. The average Bonchev–Trinajstić information content (AvgIpc) is 3.01. The van der Waals surface area contributed by atoms with Crippen molar-refractivity contribution in [2.45, 2.75) is 6.10 Å². The minimum absolute atomic E-state index is 0.0786. The second-order valence-corrected chi connectivity index (χ2v) is 5.50. The maximum Gasteiger partial charge on any atom is 0.673 e. The van der Waals surface area contributed by atoms with Gasteiger partial charge in [0.25, 0.3) is 0 Å². The van der Waals surface area contributed by atoms with Gasteiger partial charge in [-0.25, -0.2) is 9.78 Å². The van der Waals surface area contributed by atoms with Gasteiger partial charge in [-0.3, -0.25) is 0 Å². The number of fused-ring (bicyclic) bond motifs is 3. The van der Waals surface area contributed by atoms with E-state index in [9.17, 15) is 27.2 Å². The van der Waals surface area contributed by atoms with E-state index >= 15 is 0 Å². The zero-order valence-corrected chi connectivity index (χ0v) is 14.0. The molecule has 0 saturated carbocycles. The standard InChI is InChI=1S/C15H12N4O4.BF4/c16-19-8-1-2-12-10(3-8)11-4-13(17-5-14(11)18-12)15(22)23-7-9(21)6-20;2-1(3,4)5/h1-5,9,20-21H,6-7H2;/q;-1/p+1. The van der Waals surface area contributed by atoms with Crippen LogP contribution in [0.15, 0.2) is 30.5 Å². The molecule has 1 atom stereocenters. The summed E-state index contributed by atoms with van der Waals surface area (Å²) in [6, 6.07) is 6.65. The second kappa shape index (κ2) is 8.64. The number of hydrogen-bond acceptors (Lipinski definition) is 6. The molecule has 0 bridgehead atoms. The molecule has 0 aliphatic carbocycles. The van der Waals surface area contributed by atoms with Crippen molar-refractivity contribution < 1.29 is 37.0 Å². The minimum atomic E-state index is -6.00. The third kappa shape index (κ3) is 5.63. The predicted octanol–water partition coefficient (Wildman–Crippen LogP) is 3.01. The number of ether oxygens (including phenoxy) is 1. The number of nitrogens with zero attached hydrogens (tertiary/aromatic N) is 3. The number of halogens is 4. The first-order valence-corrected chi connectivity index (χ1v) is 7.72.